The molecule has 0 bridgehead atoms. The molecule has 2 saturated heterocycles. The maximum absolute atomic E-state index is 13.3. The predicted molar refractivity (Wildman–Crippen MR) is 118 cm³/mol. The van der Waals surface area contributed by atoms with E-state index < -0.39 is 0 Å². The van der Waals surface area contributed by atoms with Gasteiger partial charge in [0.25, 0.3) is 5.91 Å². The number of carbonyl (C=O) groups is 1. The van der Waals surface area contributed by atoms with Gasteiger partial charge in [-0.25, -0.2) is 9.97 Å². The van der Waals surface area contributed by atoms with Crippen LogP contribution < -0.4 is 0 Å². The number of amides is 1. The van der Waals surface area contributed by atoms with Crippen molar-refractivity contribution in [2.24, 2.45) is 0 Å². The number of imidazole rings is 1. The Labute approximate surface area is 182 Å². The van der Waals surface area contributed by atoms with Crippen molar-refractivity contribution in [1.82, 2.24) is 29.3 Å². The molecule has 2 aliphatic rings. The molecule has 7 nitrogen and oxygen atoms in total. The molecule has 0 aliphatic carbocycles. The summed E-state index contributed by atoms with van der Waals surface area (Å²) in [6.45, 7) is 4.07. The maximum atomic E-state index is 13.3. The Morgan fingerprint density at radius 1 is 0.968 bits per heavy atom. The number of rotatable bonds is 5. The molecule has 2 aromatic heterocycles. The van der Waals surface area contributed by atoms with Crippen LogP contribution in [0, 0.1) is 0 Å². The second-order valence-electron chi connectivity index (χ2n) is 8.46. The molecule has 0 radical (unpaired) electrons. The first-order valence-electron chi connectivity index (χ1n) is 11.2. The standard InChI is InChI=1S/C24H28N6O/c31-24(20-8-6-19(7-9-20)17-28-11-2-1-3-12-28)30-13-4-5-22(30)21-15-26-16-23(27-21)29-14-10-25-18-29/h6-10,14-16,18,22H,1-5,11-13,17H2/t22-/m0/s1. The van der Waals surface area contributed by atoms with Crippen molar-refractivity contribution in [3.63, 3.8) is 0 Å². The Hall–Kier alpha value is -3.06. The van der Waals surface area contributed by atoms with E-state index in [9.17, 15) is 4.79 Å². The zero-order chi connectivity index (χ0) is 21.0. The fourth-order valence-electron chi connectivity index (χ4n) is 4.66. The highest BCUT2D eigenvalue weighted by atomic mass is 16.2. The molecule has 0 unspecified atom stereocenters. The molecule has 5 rings (SSSR count). The molecule has 2 aliphatic heterocycles. The summed E-state index contributed by atoms with van der Waals surface area (Å²) < 4.78 is 1.83. The Morgan fingerprint density at radius 2 is 1.81 bits per heavy atom. The Morgan fingerprint density at radius 3 is 2.58 bits per heavy atom. The summed E-state index contributed by atoms with van der Waals surface area (Å²) >= 11 is 0. The van der Waals surface area contributed by atoms with Crippen molar-refractivity contribution >= 4 is 5.91 Å². The van der Waals surface area contributed by atoms with Crippen molar-refractivity contribution < 1.29 is 4.79 Å². The average Bonchev–Trinajstić information content (AvgIpc) is 3.53. The molecule has 4 heterocycles. The highest BCUT2D eigenvalue weighted by Crippen LogP contribution is 2.32. The normalized spacial score (nSPS) is 19.6. The van der Waals surface area contributed by atoms with E-state index in [-0.39, 0.29) is 11.9 Å². The van der Waals surface area contributed by atoms with Crippen LogP contribution in [0.2, 0.25) is 0 Å². The molecule has 1 amide bonds. The SMILES string of the molecule is O=C(c1ccc(CN2CCCCC2)cc1)N1CCC[C@H]1c1cncc(-n2ccnc2)n1. The number of nitrogens with zero attached hydrogens (tertiary/aromatic N) is 6. The van der Waals surface area contributed by atoms with Crippen LogP contribution in [0.5, 0.6) is 0 Å². The van der Waals surface area contributed by atoms with E-state index in [1.54, 1.807) is 24.9 Å². The van der Waals surface area contributed by atoms with Gasteiger partial charge in [-0.05, 0) is 56.5 Å². The largest absolute Gasteiger partial charge is 0.330 e. The highest BCUT2D eigenvalue weighted by Gasteiger charge is 2.32. The molecule has 0 saturated carbocycles. The van der Waals surface area contributed by atoms with E-state index in [4.69, 9.17) is 4.98 Å². The molecule has 2 fully saturated rings. The number of aromatic nitrogens is 4. The fraction of sp³-hybridized carbons (Fsp3) is 0.417. The van der Waals surface area contributed by atoms with Crippen LogP contribution >= 0.6 is 0 Å². The van der Waals surface area contributed by atoms with Gasteiger partial charge >= 0.3 is 0 Å². The summed E-state index contributed by atoms with van der Waals surface area (Å²) in [6.07, 6.45) is 14.6. The Balaban J connectivity index is 1.30. The number of hydrogen-bond donors (Lipinski definition) is 0. The van der Waals surface area contributed by atoms with Gasteiger partial charge < -0.3 is 4.90 Å². The average molecular weight is 417 g/mol. The quantitative estimate of drug-likeness (QED) is 0.635. The first-order chi connectivity index (χ1) is 15.3. The molecule has 160 valence electrons. The second-order valence-corrected chi connectivity index (χ2v) is 8.46. The lowest BCUT2D eigenvalue weighted by atomic mass is 10.1. The molecular formula is C24H28N6O. The monoisotopic (exact) mass is 416 g/mol. The van der Waals surface area contributed by atoms with Gasteiger partial charge in [0.1, 0.15) is 6.33 Å². The van der Waals surface area contributed by atoms with Crippen molar-refractivity contribution in [3.05, 3.63) is 72.2 Å². The lowest BCUT2D eigenvalue weighted by Crippen LogP contribution is -2.31. The van der Waals surface area contributed by atoms with Crippen LogP contribution in [0.4, 0.5) is 0 Å². The third-order valence-corrected chi connectivity index (χ3v) is 6.32. The molecule has 1 aromatic carbocycles. The predicted octanol–water partition coefficient (Wildman–Crippen LogP) is 3.63. The van der Waals surface area contributed by atoms with Crippen LogP contribution in [0.1, 0.15) is 59.8 Å². The van der Waals surface area contributed by atoms with Crippen LogP contribution in [0.3, 0.4) is 0 Å². The zero-order valence-electron chi connectivity index (χ0n) is 17.7. The highest BCUT2D eigenvalue weighted by molar-refractivity contribution is 5.94. The minimum atomic E-state index is -0.0449. The molecule has 31 heavy (non-hydrogen) atoms. The lowest BCUT2D eigenvalue weighted by molar-refractivity contribution is 0.0732. The topological polar surface area (TPSA) is 67.2 Å². The molecule has 0 spiro atoms. The van der Waals surface area contributed by atoms with Crippen molar-refractivity contribution in [1.29, 1.82) is 0 Å². The molecule has 0 N–H and O–H groups in total. The molecule has 3 aromatic rings. The van der Waals surface area contributed by atoms with Gasteiger partial charge in [0.05, 0.1) is 24.1 Å². The van der Waals surface area contributed by atoms with Gasteiger partial charge in [-0.15, -0.1) is 0 Å². The summed E-state index contributed by atoms with van der Waals surface area (Å²) in [5.74, 6) is 0.790. The smallest absolute Gasteiger partial charge is 0.254 e. The summed E-state index contributed by atoms with van der Waals surface area (Å²) in [5.41, 5.74) is 2.85. The zero-order valence-corrected chi connectivity index (χ0v) is 17.7. The third kappa shape index (κ3) is 4.37. The van der Waals surface area contributed by atoms with Gasteiger partial charge in [-0.1, -0.05) is 18.6 Å². The van der Waals surface area contributed by atoms with Crippen LogP contribution in [-0.2, 0) is 6.54 Å². The summed E-state index contributed by atoms with van der Waals surface area (Å²) in [7, 11) is 0. The number of hydrogen-bond acceptors (Lipinski definition) is 5. The Bertz CT molecular complexity index is 1010. The van der Waals surface area contributed by atoms with Gasteiger partial charge in [0.15, 0.2) is 5.82 Å². The van der Waals surface area contributed by atoms with Gasteiger partial charge in [0.2, 0.25) is 0 Å². The minimum absolute atomic E-state index is 0.0449. The number of piperidine rings is 1. The summed E-state index contributed by atoms with van der Waals surface area (Å²) in [6, 6.07) is 8.12. The molecule has 1 atom stereocenters. The van der Waals surface area contributed by atoms with Crippen molar-refractivity contribution in [2.75, 3.05) is 19.6 Å². The van der Waals surface area contributed by atoms with E-state index in [1.807, 2.05) is 27.8 Å². The van der Waals surface area contributed by atoms with Gasteiger partial charge in [0, 0.05) is 31.0 Å². The maximum Gasteiger partial charge on any atom is 0.254 e. The van der Waals surface area contributed by atoms with E-state index in [1.165, 1.54) is 37.9 Å². The van der Waals surface area contributed by atoms with Crippen molar-refractivity contribution in [3.8, 4) is 5.82 Å². The van der Waals surface area contributed by atoms with E-state index in [2.05, 4.69) is 27.0 Å². The lowest BCUT2D eigenvalue weighted by Gasteiger charge is -2.27. The second kappa shape index (κ2) is 8.98. The van der Waals surface area contributed by atoms with E-state index in [0.29, 0.717) is 0 Å². The molecule has 7 heteroatoms. The summed E-state index contributed by atoms with van der Waals surface area (Å²) in [4.78, 5) is 31.0. The van der Waals surface area contributed by atoms with Gasteiger partial charge in [-0.3, -0.25) is 19.2 Å². The van der Waals surface area contributed by atoms with Crippen LogP contribution in [-0.4, -0.2) is 54.9 Å². The minimum Gasteiger partial charge on any atom is -0.330 e. The van der Waals surface area contributed by atoms with Gasteiger partial charge in [-0.2, -0.15) is 0 Å². The van der Waals surface area contributed by atoms with E-state index in [0.717, 1.165) is 43.0 Å². The number of carbonyl (C=O) groups excluding carboxylic acids is 1. The third-order valence-electron chi connectivity index (χ3n) is 6.32. The van der Waals surface area contributed by atoms with E-state index >= 15 is 0 Å². The fourth-order valence-corrected chi connectivity index (χ4v) is 4.66. The summed E-state index contributed by atoms with van der Waals surface area (Å²) in [5, 5.41) is 0. The first kappa shape index (κ1) is 19.9. The Kier molecular flexibility index (Phi) is 5.76. The first-order valence-corrected chi connectivity index (χ1v) is 11.2. The van der Waals surface area contributed by atoms with Crippen LogP contribution in [0.15, 0.2) is 55.4 Å². The number of likely N-dealkylation sites (tertiary alicyclic amines) is 2. The van der Waals surface area contributed by atoms with Crippen molar-refractivity contribution in [2.45, 2.75) is 44.7 Å². The number of benzene rings is 1. The molecular weight excluding hydrogens is 388 g/mol. The van der Waals surface area contributed by atoms with Crippen LogP contribution in [0.25, 0.3) is 5.82 Å².